The molecule has 0 spiro atoms. The van der Waals surface area contributed by atoms with Crippen molar-refractivity contribution in [3.8, 4) is 0 Å². The lowest BCUT2D eigenvalue weighted by Crippen LogP contribution is -2.20. The molecule has 0 aliphatic heterocycles. The van der Waals surface area contributed by atoms with Crippen LogP contribution < -0.4 is 5.32 Å². The van der Waals surface area contributed by atoms with E-state index in [1.54, 1.807) is 0 Å². The molecular weight excluding hydrogens is 222 g/mol. The molecule has 1 aliphatic carbocycles. The topological polar surface area (TPSA) is 37.8 Å². The van der Waals surface area contributed by atoms with Crippen LogP contribution in [0.2, 0.25) is 0 Å². The molecule has 16 heavy (non-hydrogen) atoms. The summed E-state index contributed by atoms with van der Waals surface area (Å²) in [7, 11) is 0. The SMILES string of the molecule is Cc1ccc(NCC2CCCC2CCl)nn1. The first-order valence-electron chi connectivity index (χ1n) is 5.90. The molecule has 2 unspecified atom stereocenters. The highest BCUT2D eigenvalue weighted by molar-refractivity contribution is 6.18. The molecule has 1 aromatic rings. The minimum absolute atomic E-state index is 0.674. The van der Waals surface area contributed by atoms with Gasteiger partial charge in [-0.2, -0.15) is 5.10 Å². The number of aromatic nitrogens is 2. The first kappa shape index (κ1) is 11.6. The number of hydrogen-bond donors (Lipinski definition) is 1. The molecule has 1 saturated carbocycles. The molecule has 2 rings (SSSR count). The van der Waals surface area contributed by atoms with Gasteiger partial charge in [-0.1, -0.05) is 6.42 Å². The first-order chi connectivity index (χ1) is 7.79. The van der Waals surface area contributed by atoms with Crippen molar-refractivity contribution in [2.45, 2.75) is 26.2 Å². The fourth-order valence-electron chi connectivity index (χ4n) is 2.31. The Hall–Kier alpha value is -0.830. The van der Waals surface area contributed by atoms with E-state index in [1.165, 1.54) is 19.3 Å². The minimum Gasteiger partial charge on any atom is -0.368 e. The van der Waals surface area contributed by atoms with Gasteiger partial charge in [0.05, 0.1) is 5.69 Å². The van der Waals surface area contributed by atoms with E-state index in [4.69, 9.17) is 11.6 Å². The maximum atomic E-state index is 5.95. The standard InChI is InChI=1S/C12H18ClN3/c1-9-5-6-12(16-15-9)14-8-11-4-2-3-10(11)7-13/h5-6,10-11H,2-4,7-8H2,1H3,(H,14,16). The highest BCUT2D eigenvalue weighted by Gasteiger charge is 2.26. The van der Waals surface area contributed by atoms with Crippen LogP contribution >= 0.6 is 11.6 Å². The Morgan fingerprint density at radius 3 is 2.81 bits per heavy atom. The van der Waals surface area contributed by atoms with Crippen molar-refractivity contribution in [2.24, 2.45) is 11.8 Å². The molecule has 88 valence electrons. The van der Waals surface area contributed by atoms with E-state index in [9.17, 15) is 0 Å². The van der Waals surface area contributed by atoms with E-state index in [1.807, 2.05) is 19.1 Å². The third-order valence-electron chi connectivity index (χ3n) is 3.36. The Balaban J connectivity index is 1.85. The number of nitrogens with one attached hydrogen (secondary N) is 1. The molecular formula is C12H18ClN3. The Kier molecular flexibility index (Phi) is 3.99. The highest BCUT2D eigenvalue weighted by atomic mass is 35.5. The monoisotopic (exact) mass is 239 g/mol. The Labute approximate surface area is 102 Å². The average molecular weight is 240 g/mol. The van der Waals surface area contributed by atoms with Crippen LogP contribution in [0, 0.1) is 18.8 Å². The summed E-state index contributed by atoms with van der Waals surface area (Å²) in [5.74, 6) is 3.02. The Morgan fingerprint density at radius 2 is 2.12 bits per heavy atom. The van der Waals surface area contributed by atoms with Gasteiger partial charge in [-0.3, -0.25) is 0 Å². The molecule has 1 aromatic heterocycles. The van der Waals surface area contributed by atoms with E-state index < -0.39 is 0 Å². The van der Waals surface area contributed by atoms with E-state index >= 15 is 0 Å². The van der Waals surface area contributed by atoms with Crippen molar-refractivity contribution in [3.05, 3.63) is 17.8 Å². The fourth-order valence-corrected chi connectivity index (χ4v) is 2.72. The summed E-state index contributed by atoms with van der Waals surface area (Å²) in [5.41, 5.74) is 0.949. The maximum Gasteiger partial charge on any atom is 0.148 e. The fraction of sp³-hybridized carbons (Fsp3) is 0.667. The number of halogens is 1. The van der Waals surface area contributed by atoms with Gasteiger partial charge in [0.25, 0.3) is 0 Å². The summed E-state index contributed by atoms with van der Waals surface area (Å²) in [6.45, 7) is 2.91. The van der Waals surface area contributed by atoms with Gasteiger partial charge in [0.15, 0.2) is 0 Å². The highest BCUT2D eigenvalue weighted by Crippen LogP contribution is 2.32. The maximum absolute atomic E-state index is 5.95. The third kappa shape index (κ3) is 2.85. The molecule has 4 heteroatoms. The van der Waals surface area contributed by atoms with Gasteiger partial charge in [0.1, 0.15) is 5.82 Å². The first-order valence-corrected chi connectivity index (χ1v) is 6.43. The normalized spacial score (nSPS) is 24.6. The predicted octanol–water partition coefficient (Wildman–Crippen LogP) is 2.85. The average Bonchev–Trinajstić information content (AvgIpc) is 2.76. The van der Waals surface area contributed by atoms with Crippen LogP contribution in [-0.4, -0.2) is 22.6 Å². The van der Waals surface area contributed by atoms with Crippen LogP contribution in [-0.2, 0) is 0 Å². The van der Waals surface area contributed by atoms with Gasteiger partial charge >= 0.3 is 0 Å². The lowest BCUT2D eigenvalue weighted by atomic mass is 9.98. The lowest BCUT2D eigenvalue weighted by molar-refractivity contribution is 0.444. The molecule has 1 N–H and O–H groups in total. The van der Waals surface area contributed by atoms with Crippen LogP contribution in [0.5, 0.6) is 0 Å². The smallest absolute Gasteiger partial charge is 0.148 e. The van der Waals surface area contributed by atoms with Gasteiger partial charge in [-0.25, -0.2) is 0 Å². The molecule has 2 atom stereocenters. The second kappa shape index (κ2) is 5.48. The largest absolute Gasteiger partial charge is 0.368 e. The van der Waals surface area contributed by atoms with Crippen molar-refractivity contribution in [1.29, 1.82) is 0 Å². The molecule has 0 bridgehead atoms. The quantitative estimate of drug-likeness (QED) is 0.822. The summed E-state index contributed by atoms with van der Waals surface area (Å²) in [6, 6.07) is 3.95. The Morgan fingerprint density at radius 1 is 1.31 bits per heavy atom. The van der Waals surface area contributed by atoms with E-state index in [-0.39, 0.29) is 0 Å². The second-order valence-electron chi connectivity index (χ2n) is 4.55. The van der Waals surface area contributed by atoms with Crippen molar-refractivity contribution in [3.63, 3.8) is 0 Å². The summed E-state index contributed by atoms with van der Waals surface area (Å²) in [6.07, 6.45) is 3.86. The number of rotatable bonds is 4. The van der Waals surface area contributed by atoms with Crippen molar-refractivity contribution in [1.82, 2.24) is 10.2 Å². The van der Waals surface area contributed by atoms with Crippen molar-refractivity contribution in [2.75, 3.05) is 17.7 Å². The van der Waals surface area contributed by atoms with Gasteiger partial charge in [-0.05, 0) is 43.7 Å². The number of anilines is 1. The zero-order valence-electron chi connectivity index (χ0n) is 9.62. The molecule has 3 nitrogen and oxygen atoms in total. The Bertz CT molecular complexity index is 326. The number of alkyl halides is 1. The molecule has 1 aliphatic rings. The zero-order valence-corrected chi connectivity index (χ0v) is 10.4. The van der Waals surface area contributed by atoms with E-state index in [0.717, 1.165) is 23.9 Å². The minimum atomic E-state index is 0.674. The summed E-state index contributed by atoms with van der Waals surface area (Å²) in [5, 5.41) is 11.5. The molecule has 0 saturated heterocycles. The van der Waals surface area contributed by atoms with Gasteiger partial charge in [-0.15, -0.1) is 16.7 Å². The molecule has 1 heterocycles. The summed E-state index contributed by atoms with van der Waals surface area (Å²) >= 11 is 5.95. The molecule has 0 amide bonds. The number of aryl methyl sites for hydroxylation is 1. The summed E-state index contributed by atoms with van der Waals surface area (Å²) in [4.78, 5) is 0. The van der Waals surface area contributed by atoms with Gasteiger partial charge in [0.2, 0.25) is 0 Å². The van der Waals surface area contributed by atoms with Crippen LogP contribution in [0.25, 0.3) is 0 Å². The van der Waals surface area contributed by atoms with Crippen LogP contribution in [0.3, 0.4) is 0 Å². The van der Waals surface area contributed by atoms with Crippen LogP contribution in [0.4, 0.5) is 5.82 Å². The molecule has 1 fully saturated rings. The van der Waals surface area contributed by atoms with Gasteiger partial charge in [0, 0.05) is 12.4 Å². The lowest BCUT2D eigenvalue weighted by Gasteiger charge is -2.17. The van der Waals surface area contributed by atoms with Crippen LogP contribution in [0.15, 0.2) is 12.1 Å². The van der Waals surface area contributed by atoms with Crippen molar-refractivity contribution >= 4 is 17.4 Å². The van der Waals surface area contributed by atoms with Crippen LogP contribution in [0.1, 0.15) is 25.0 Å². The van der Waals surface area contributed by atoms with Crippen molar-refractivity contribution < 1.29 is 0 Å². The third-order valence-corrected chi connectivity index (χ3v) is 3.75. The van der Waals surface area contributed by atoms with E-state index in [0.29, 0.717) is 11.8 Å². The number of hydrogen-bond acceptors (Lipinski definition) is 3. The van der Waals surface area contributed by atoms with E-state index in [2.05, 4.69) is 15.5 Å². The number of nitrogens with zero attached hydrogens (tertiary/aromatic N) is 2. The predicted molar refractivity (Wildman–Crippen MR) is 66.8 cm³/mol. The zero-order chi connectivity index (χ0) is 11.4. The molecule has 0 radical (unpaired) electrons. The second-order valence-corrected chi connectivity index (χ2v) is 4.85. The summed E-state index contributed by atoms with van der Waals surface area (Å²) < 4.78 is 0. The molecule has 0 aromatic carbocycles. The van der Waals surface area contributed by atoms with Gasteiger partial charge < -0.3 is 5.32 Å².